The molecule has 1 heterocycles. The number of hydrogen-bond acceptors (Lipinski definition) is 2. The smallest absolute Gasteiger partial charge is 0.256 e. The molecule has 5 heteroatoms. The first-order valence-corrected chi connectivity index (χ1v) is 11.6. The minimum Gasteiger partial charge on any atom is -0.322 e. The number of anilines is 1. The normalized spacial score (nSPS) is 11.1. The van der Waals surface area contributed by atoms with Gasteiger partial charge in [-0.2, -0.15) is 0 Å². The van der Waals surface area contributed by atoms with E-state index in [1.807, 2.05) is 77.1 Å². The van der Waals surface area contributed by atoms with Gasteiger partial charge in [-0.1, -0.05) is 51.3 Å². The zero-order valence-electron chi connectivity index (χ0n) is 18.7. The summed E-state index contributed by atoms with van der Waals surface area (Å²) in [5.41, 5.74) is 8.98. The van der Waals surface area contributed by atoms with Crippen molar-refractivity contribution >= 4 is 50.0 Å². The van der Waals surface area contributed by atoms with Crippen molar-refractivity contribution in [1.82, 2.24) is 4.98 Å². The van der Waals surface area contributed by atoms with Gasteiger partial charge in [-0.3, -0.25) is 4.79 Å². The van der Waals surface area contributed by atoms with Crippen molar-refractivity contribution in [2.24, 2.45) is 0 Å². The molecule has 0 unspecified atom stereocenters. The van der Waals surface area contributed by atoms with E-state index >= 15 is 0 Å². The van der Waals surface area contributed by atoms with Crippen LogP contribution in [0.5, 0.6) is 0 Å². The van der Waals surface area contributed by atoms with E-state index in [1.54, 1.807) is 0 Å². The molecule has 0 aliphatic rings. The fourth-order valence-corrected chi connectivity index (χ4v) is 4.66. The lowest BCUT2D eigenvalue weighted by molar-refractivity contribution is 0.102. The van der Waals surface area contributed by atoms with Crippen molar-refractivity contribution < 1.29 is 4.79 Å². The number of nitrogens with one attached hydrogen (secondary N) is 1. The number of amides is 1. The first kappa shape index (κ1) is 22.5. The van der Waals surface area contributed by atoms with Crippen LogP contribution in [0.25, 0.3) is 22.2 Å². The van der Waals surface area contributed by atoms with Crippen LogP contribution in [0.4, 0.5) is 5.69 Å². The second kappa shape index (κ2) is 8.68. The molecule has 3 nitrogen and oxygen atoms in total. The summed E-state index contributed by atoms with van der Waals surface area (Å²) in [5.74, 6) is -0.149. The average Bonchev–Trinajstić information content (AvgIpc) is 2.71. The Morgan fingerprint density at radius 3 is 2.28 bits per heavy atom. The second-order valence-electron chi connectivity index (χ2n) is 8.33. The largest absolute Gasteiger partial charge is 0.322 e. The van der Waals surface area contributed by atoms with Gasteiger partial charge in [-0.25, -0.2) is 4.98 Å². The van der Waals surface area contributed by atoms with Gasteiger partial charge in [-0.15, -0.1) is 0 Å². The van der Waals surface area contributed by atoms with Crippen LogP contribution in [0.2, 0.25) is 5.02 Å². The van der Waals surface area contributed by atoms with Gasteiger partial charge in [0.15, 0.2) is 0 Å². The van der Waals surface area contributed by atoms with Gasteiger partial charge in [0.1, 0.15) is 0 Å². The van der Waals surface area contributed by atoms with Gasteiger partial charge < -0.3 is 5.32 Å². The number of aromatic nitrogens is 1. The molecule has 1 aromatic heterocycles. The molecule has 4 rings (SSSR count). The summed E-state index contributed by atoms with van der Waals surface area (Å²) in [7, 11) is 0. The molecule has 1 N–H and O–H groups in total. The number of nitrogens with zero attached hydrogens (tertiary/aromatic N) is 1. The molecule has 162 valence electrons. The third-order valence-electron chi connectivity index (χ3n) is 5.69. The van der Waals surface area contributed by atoms with Crippen molar-refractivity contribution in [1.29, 1.82) is 0 Å². The summed E-state index contributed by atoms with van der Waals surface area (Å²) in [5, 5.41) is 4.61. The molecule has 0 radical (unpaired) electrons. The molecule has 4 aromatic rings. The molecule has 0 aliphatic carbocycles. The summed E-state index contributed by atoms with van der Waals surface area (Å²) in [6.07, 6.45) is 0. The maximum absolute atomic E-state index is 13.7. The molecule has 1 amide bonds. The molecular weight excluding hydrogens is 484 g/mol. The van der Waals surface area contributed by atoms with E-state index in [2.05, 4.69) is 27.3 Å². The molecule has 3 aromatic carbocycles. The molecule has 0 saturated carbocycles. The van der Waals surface area contributed by atoms with Crippen LogP contribution in [0.1, 0.15) is 38.2 Å². The molecule has 32 heavy (non-hydrogen) atoms. The van der Waals surface area contributed by atoms with Gasteiger partial charge in [0.2, 0.25) is 0 Å². The minimum atomic E-state index is -0.149. The molecule has 0 saturated heterocycles. The van der Waals surface area contributed by atoms with Gasteiger partial charge >= 0.3 is 0 Å². The number of hydrogen-bond donors (Lipinski definition) is 1. The number of benzene rings is 3. The molecule has 0 aliphatic heterocycles. The fourth-order valence-electron chi connectivity index (χ4n) is 4.24. The lowest BCUT2D eigenvalue weighted by atomic mass is 9.94. The first-order valence-electron chi connectivity index (χ1n) is 10.4. The maximum atomic E-state index is 13.7. The van der Waals surface area contributed by atoms with E-state index in [4.69, 9.17) is 16.6 Å². The van der Waals surface area contributed by atoms with Gasteiger partial charge in [0, 0.05) is 26.1 Å². The highest BCUT2D eigenvalue weighted by molar-refractivity contribution is 9.10. The minimum absolute atomic E-state index is 0.149. The van der Waals surface area contributed by atoms with E-state index in [9.17, 15) is 4.79 Å². The highest BCUT2D eigenvalue weighted by Gasteiger charge is 2.21. The number of aryl methyl sites for hydroxylation is 4. The number of halogens is 2. The van der Waals surface area contributed by atoms with Crippen molar-refractivity contribution in [3.8, 4) is 11.3 Å². The van der Waals surface area contributed by atoms with Crippen molar-refractivity contribution in [3.05, 3.63) is 91.4 Å². The Balaban J connectivity index is 1.94. The van der Waals surface area contributed by atoms with Crippen LogP contribution in [0, 0.1) is 34.6 Å². The standard InChI is InChI=1S/C27H24BrClN2O/c1-14-9-17(4)25-22(10-14)23(18(5)26(31-25)19-7-6-8-20(29)13-19)27(32)30-21-11-15(2)24(28)16(3)12-21/h6-13H,1-5H3,(H,30,32). The van der Waals surface area contributed by atoms with Gasteiger partial charge in [0.25, 0.3) is 5.91 Å². The Labute approximate surface area is 202 Å². The van der Waals surface area contributed by atoms with Crippen LogP contribution in [-0.4, -0.2) is 10.9 Å². The van der Waals surface area contributed by atoms with Crippen LogP contribution >= 0.6 is 27.5 Å². The van der Waals surface area contributed by atoms with Gasteiger partial charge in [0.05, 0.1) is 16.8 Å². The van der Waals surface area contributed by atoms with Crippen LogP contribution in [0.3, 0.4) is 0 Å². The van der Waals surface area contributed by atoms with Crippen molar-refractivity contribution in [2.45, 2.75) is 34.6 Å². The third-order valence-corrected chi connectivity index (χ3v) is 7.17. The summed E-state index contributed by atoms with van der Waals surface area (Å²) in [6.45, 7) is 10.1. The molecule has 0 atom stereocenters. The molecule has 0 bridgehead atoms. The fraction of sp³-hybridized carbons (Fsp3) is 0.185. The summed E-state index contributed by atoms with van der Waals surface area (Å²) >= 11 is 9.85. The van der Waals surface area contributed by atoms with Crippen LogP contribution in [-0.2, 0) is 0 Å². The van der Waals surface area contributed by atoms with E-state index in [1.165, 1.54) is 0 Å². The van der Waals surface area contributed by atoms with E-state index in [0.717, 1.165) is 60.1 Å². The number of fused-ring (bicyclic) bond motifs is 1. The highest BCUT2D eigenvalue weighted by Crippen LogP contribution is 2.34. The number of carbonyl (C=O) groups is 1. The Kier molecular flexibility index (Phi) is 6.11. The Morgan fingerprint density at radius 1 is 0.938 bits per heavy atom. The quantitative estimate of drug-likeness (QED) is 0.304. The molecular formula is C27H24BrClN2O. The average molecular weight is 508 g/mol. The van der Waals surface area contributed by atoms with E-state index < -0.39 is 0 Å². The second-order valence-corrected chi connectivity index (χ2v) is 9.56. The van der Waals surface area contributed by atoms with Crippen molar-refractivity contribution in [2.75, 3.05) is 5.32 Å². The Morgan fingerprint density at radius 2 is 1.62 bits per heavy atom. The molecule has 0 fully saturated rings. The topological polar surface area (TPSA) is 42.0 Å². The predicted molar refractivity (Wildman–Crippen MR) is 138 cm³/mol. The summed E-state index contributed by atoms with van der Waals surface area (Å²) in [4.78, 5) is 18.6. The van der Waals surface area contributed by atoms with Crippen LogP contribution < -0.4 is 5.32 Å². The SMILES string of the molecule is Cc1cc(C)c2nc(-c3cccc(Cl)c3)c(C)c(C(=O)Nc3cc(C)c(Br)c(C)c3)c2c1. The van der Waals surface area contributed by atoms with Crippen LogP contribution in [0.15, 0.2) is 53.0 Å². The van der Waals surface area contributed by atoms with Crippen molar-refractivity contribution in [3.63, 3.8) is 0 Å². The zero-order valence-corrected chi connectivity index (χ0v) is 21.1. The number of pyridine rings is 1. The number of rotatable bonds is 3. The highest BCUT2D eigenvalue weighted by atomic mass is 79.9. The number of carbonyl (C=O) groups excluding carboxylic acids is 1. The monoisotopic (exact) mass is 506 g/mol. The van der Waals surface area contributed by atoms with E-state index in [0.29, 0.717) is 10.6 Å². The maximum Gasteiger partial charge on any atom is 0.256 e. The zero-order chi connectivity index (χ0) is 23.2. The first-order chi connectivity index (χ1) is 15.2. The third kappa shape index (κ3) is 4.17. The predicted octanol–water partition coefficient (Wildman–Crippen LogP) is 8.11. The summed E-state index contributed by atoms with van der Waals surface area (Å²) in [6, 6.07) is 15.7. The Hall–Kier alpha value is -2.69. The lowest BCUT2D eigenvalue weighted by Crippen LogP contribution is -2.16. The van der Waals surface area contributed by atoms with Gasteiger partial charge in [-0.05, 0) is 87.2 Å². The lowest BCUT2D eigenvalue weighted by Gasteiger charge is -2.17. The summed E-state index contributed by atoms with van der Waals surface area (Å²) < 4.78 is 1.05. The Bertz CT molecular complexity index is 1370. The molecule has 0 spiro atoms. The van der Waals surface area contributed by atoms with E-state index in [-0.39, 0.29) is 5.91 Å².